The van der Waals surface area contributed by atoms with Gasteiger partial charge in [-0.2, -0.15) is 11.8 Å². The van der Waals surface area contributed by atoms with Crippen LogP contribution in [0.25, 0.3) is 0 Å². The molecule has 1 fully saturated rings. The normalized spacial score (nSPS) is 16.6. The van der Waals surface area contributed by atoms with E-state index in [0.29, 0.717) is 11.3 Å². The van der Waals surface area contributed by atoms with Crippen molar-refractivity contribution in [2.45, 2.75) is 24.5 Å². The number of aryl methyl sites for hydroxylation is 1. The van der Waals surface area contributed by atoms with Crippen LogP contribution in [-0.4, -0.2) is 23.5 Å². The summed E-state index contributed by atoms with van der Waals surface area (Å²) in [4.78, 5) is 12.0. The molecule has 1 aliphatic rings. The lowest BCUT2D eigenvalue weighted by Gasteiger charge is -2.14. The van der Waals surface area contributed by atoms with E-state index in [1.54, 1.807) is 6.07 Å². The van der Waals surface area contributed by atoms with Crippen LogP contribution in [-0.2, 0) is 0 Å². The number of hydrogen-bond acceptors (Lipinski definition) is 3. The standard InChI is InChI=1S/C13H18N2OS/c1-9-4-3-5-10(11(9)14)12(16)15-8-13(17-2)6-7-13/h3-5H,6-8,14H2,1-2H3,(H,15,16). The van der Waals surface area contributed by atoms with Crippen molar-refractivity contribution in [1.82, 2.24) is 5.32 Å². The fourth-order valence-corrected chi connectivity index (χ4v) is 2.53. The van der Waals surface area contributed by atoms with Gasteiger partial charge in [0, 0.05) is 17.0 Å². The fraction of sp³-hybridized carbons (Fsp3) is 0.462. The lowest BCUT2D eigenvalue weighted by atomic mass is 10.1. The molecule has 92 valence electrons. The number of anilines is 1. The predicted octanol–water partition coefficient (Wildman–Crippen LogP) is 2.20. The molecule has 1 aromatic carbocycles. The van der Waals surface area contributed by atoms with E-state index in [9.17, 15) is 4.79 Å². The van der Waals surface area contributed by atoms with E-state index in [-0.39, 0.29) is 10.7 Å². The lowest BCUT2D eigenvalue weighted by Crippen LogP contribution is -2.32. The van der Waals surface area contributed by atoms with Gasteiger partial charge in [-0.25, -0.2) is 0 Å². The third-order valence-corrected chi connectivity index (χ3v) is 4.80. The Morgan fingerprint density at radius 1 is 1.53 bits per heavy atom. The number of carbonyl (C=O) groups excluding carboxylic acids is 1. The van der Waals surface area contributed by atoms with Crippen LogP contribution in [0.1, 0.15) is 28.8 Å². The first kappa shape index (κ1) is 12.3. The molecule has 0 atom stereocenters. The second-order valence-electron chi connectivity index (χ2n) is 4.61. The molecular formula is C13H18N2OS. The molecule has 0 unspecified atom stereocenters. The molecule has 1 saturated carbocycles. The number of nitrogens with one attached hydrogen (secondary N) is 1. The number of nitrogens with two attached hydrogens (primary N) is 1. The minimum Gasteiger partial charge on any atom is -0.398 e. The molecule has 1 aliphatic carbocycles. The van der Waals surface area contributed by atoms with Gasteiger partial charge in [-0.15, -0.1) is 0 Å². The van der Waals surface area contributed by atoms with Gasteiger partial charge >= 0.3 is 0 Å². The number of carbonyl (C=O) groups is 1. The lowest BCUT2D eigenvalue weighted by molar-refractivity contribution is 0.0954. The summed E-state index contributed by atoms with van der Waals surface area (Å²) >= 11 is 1.84. The van der Waals surface area contributed by atoms with Gasteiger partial charge < -0.3 is 11.1 Å². The van der Waals surface area contributed by atoms with Crippen LogP contribution >= 0.6 is 11.8 Å². The summed E-state index contributed by atoms with van der Waals surface area (Å²) < 4.78 is 0.286. The van der Waals surface area contributed by atoms with Gasteiger partial charge in [-0.3, -0.25) is 4.79 Å². The van der Waals surface area contributed by atoms with E-state index >= 15 is 0 Å². The Hall–Kier alpha value is -1.16. The summed E-state index contributed by atoms with van der Waals surface area (Å²) in [5, 5.41) is 2.98. The van der Waals surface area contributed by atoms with E-state index < -0.39 is 0 Å². The van der Waals surface area contributed by atoms with Crippen molar-refractivity contribution in [3.63, 3.8) is 0 Å². The van der Waals surface area contributed by atoms with Crippen molar-refractivity contribution in [3.05, 3.63) is 29.3 Å². The highest BCUT2D eigenvalue weighted by molar-refractivity contribution is 8.00. The molecule has 17 heavy (non-hydrogen) atoms. The summed E-state index contributed by atoms with van der Waals surface area (Å²) in [6.07, 6.45) is 4.48. The summed E-state index contributed by atoms with van der Waals surface area (Å²) in [5.74, 6) is -0.0634. The molecule has 4 heteroatoms. The minimum absolute atomic E-state index is 0.0634. The molecular weight excluding hydrogens is 232 g/mol. The molecule has 0 spiro atoms. The van der Waals surface area contributed by atoms with E-state index in [1.165, 1.54) is 12.8 Å². The average molecular weight is 250 g/mol. The Morgan fingerprint density at radius 2 is 2.24 bits per heavy atom. The van der Waals surface area contributed by atoms with Crippen LogP contribution in [0.3, 0.4) is 0 Å². The maximum Gasteiger partial charge on any atom is 0.253 e. The second kappa shape index (κ2) is 4.61. The number of benzene rings is 1. The first-order chi connectivity index (χ1) is 8.08. The predicted molar refractivity (Wildman–Crippen MR) is 73.4 cm³/mol. The molecule has 1 aromatic rings. The molecule has 0 radical (unpaired) electrons. The van der Waals surface area contributed by atoms with Crippen LogP contribution in [0.4, 0.5) is 5.69 Å². The number of para-hydroxylation sites is 1. The molecule has 3 N–H and O–H groups in total. The fourth-order valence-electron chi connectivity index (χ4n) is 1.81. The topological polar surface area (TPSA) is 55.1 Å². The van der Waals surface area contributed by atoms with Crippen LogP contribution in [0, 0.1) is 6.92 Å². The third-order valence-electron chi connectivity index (χ3n) is 3.38. The molecule has 0 heterocycles. The van der Waals surface area contributed by atoms with E-state index in [0.717, 1.165) is 12.1 Å². The number of hydrogen-bond donors (Lipinski definition) is 2. The van der Waals surface area contributed by atoms with Crippen LogP contribution in [0.15, 0.2) is 18.2 Å². The third kappa shape index (κ3) is 2.57. The molecule has 3 nitrogen and oxygen atoms in total. The maximum absolute atomic E-state index is 12.0. The zero-order valence-corrected chi connectivity index (χ0v) is 11.1. The Balaban J connectivity index is 2.02. The average Bonchev–Trinajstić information content (AvgIpc) is 3.10. The van der Waals surface area contributed by atoms with Crippen molar-refractivity contribution < 1.29 is 4.79 Å². The summed E-state index contributed by atoms with van der Waals surface area (Å²) in [5.41, 5.74) is 8.02. The second-order valence-corrected chi connectivity index (χ2v) is 5.88. The number of thioether (sulfide) groups is 1. The number of rotatable bonds is 4. The SMILES string of the molecule is CSC1(CNC(=O)c2cccc(C)c2N)CC1. The molecule has 2 rings (SSSR count). The monoisotopic (exact) mass is 250 g/mol. The quantitative estimate of drug-likeness (QED) is 0.806. The van der Waals surface area contributed by atoms with Gasteiger partial charge in [0.15, 0.2) is 0 Å². The van der Waals surface area contributed by atoms with Crippen LogP contribution in [0.2, 0.25) is 0 Å². The van der Waals surface area contributed by atoms with Crippen molar-refractivity contribution in [3.8, 4) is 0 Å². The largest absolute Gasteiger partial charge is 0.398 e. The zero-order chi connectivity index (χ0) is 12.5. The Kier molecular flexibility index (Phi) is 3.33. The zero-order valence-electron chi connectivity index (χ0n) is 10.2. The van der Waals surface area contributed by atoms with Crippen molar-refractivity contribution in [2.75, 3.05) is 18.5 Å². The van der Waals surface area contributed by atoms with Crippen LogP contribution in [0.5, 0.6) is 0 Å². The number of amides is 1. The molecule has 1 amide bonds. The Morgan fingerprint density at radius 3 is 2.82 bits per heavy atom. The van der Waals surface area contributed by atoms with E-state index in [4.69, 9.17) is 5.73 Å². The van der Waals surface area contributed by atoms with Gasteiger partial charge in [0.2, 0.25) is 0 Å². The Bertz CT molecular complexity index is 441. The Labute approximate surface area is 106 Å². The first-order valence-corrected chi connectivity index (χ1v) is 6.99. The summed E-state index contributed by atoms with van der Waals surface area (Å²) in [6.45, 7) is 2.65. The first-order valence-electron chi connectivity index (χ1n) is 5.76. The maximum atomic E-state index is 12.0. The molecule has 0 bridgehead atoms. The summed E-state index contributed by atoms with van der Waals surface area (Å²) in [7, 11) is 0. The van der Waals surface area contributed by atoms with Crippen molar-refractivity contribution >= 4 is 23.4 Å². The van der Waals surface area contributed by atoms with Gasteiger partial charge in [-0.05, 0) is 37.7 Å². The van der Waals surface area contributed by atoms with Gasteiger partial charge in [0.05, 0.1) is 5.56 Å². The number of nitrogen functional groups attached to an aromatic ring is 1. The van der Waals surface area contributed by atoms with E-state index in [2.05, 4.69) is 11.6 Å². The molecule has 0 aliphatic heterocycles. The highest BCUT2D eigenvalue weighted by atomic mass is 32.2. The van der Waals surface area contributed by atoms with Gasteiger partial charge in [0.25, 0.3) is 5.91 Å². The minimum atomic E-state index is -0.0634. The van der Waals surface area contributed by atoms with Crippen LogP contribution < -0.4 is 11.1 Å². The molecule has 0 saturated heterocycles. The van der Waals surface area contributed by atoms with Gasteiger partial charge in [0.1, 0.15) is 0 Å². The molecule has 0 aromatic heterocycles. The van der Waals surface area contributed by atoms with Crippen molar-refractivity contribution in [2.24, 2.45) is 0 Å². The summed E-state index contributed by atoms with van der Waals surface area (Å²) in [6, 6.07) is 5.55. The van der Waals surface area contributed by atoms with Gasteiger partial charge in [-0.1, -0.05) is 12.1 Å². The van der Waals surface area contributed by atoms with E-state index in [1.807, 2.05) is 30.8 Å². The smallest absolute Gasteiger partial charge is 0.253 e. The highest BCUT2D eigenvalue weighted by Crippen LogP contribution is 2.46. The highest BCUT2D eigenvalue weighted by Gasteiger charge is 2.42. The van der Waals surface area contributed by atoms with Crippen molar-refractivity contribution in [1.29, 1.82) is 0 Å².